The molecule has 1 N–H and O–H groups in total. The number of fused-ring (bicyclic) bond motifs is 1. The van der Waals surface area contributed by atoms with Crippen molar-refractivity contribution in [2.24, 2.45) is 0 Å². The van der Waals surface area contributed by atoms with Crippen molar-refractivity contribution in [1.82, 2.24) is 14.8 Å². The lowest BCUT2D eigenvalue weighted by atomic mass is 10.1. The zero-order chi connectivity index (χ0) is 13.2. The van der Waals surface area contributed by atoms with Crippen LogP contribution in [-0.4, -0.2) is 27.0 Å². The minimum atomic E-state index is -0.467. The quantitative estimate of drug-likeness (QED) is 0.911. The summed E-state index contributed by atoms with van der Waals surface area (Å²) >= 11 is 0. The van der Waals surface area contributed by atoms with Crippen LogP contribution in [0.15, 0.2) is 24.3 Å². The summed E-state index contributed by atoms with van der Waals surface area (Å²) in [6.07, 6.45) is 1.95. The van der Waals surface area contributed by atoms with E-state index in [1.54, 1.807) is 7.11 Å². The molecule has 2 aromatic rings. The largest absolute Gasteiger partial charge is 0.497 e. The maximum absolute atomic E-state index is 9.87. The summed E-state index contributed by atoms with van der Waals surface area (Å²) in [7, 11) is 1.65. The highest BCUT2D eigenvalue weighted by molar-refractivity contribution is 5.28. The molecule has 0 radical (unpaired) electrons. The minimum absolute atomic E-state index is 0.467. The van der Waals surface area contributed by atoms with E-state index in [0.717, 1.165) is 36.5 Å². The Kier molecular flexibility index (Phi) is 3.21. The number of benzene rings is 1. The van der Waals surface area contributed by atoms with Gasteiger partial charge in [-0.25, -0.2) is 9.67 Å². The number of aliphatic hydroxyl groups excluding tert-OH is 1. The van der Waals surface area contributed by atoms with Crippen LogP contribution in [0.2, 0.25) is 0 Å². The van der Waals surface area contributed by atoms with Crippen LogP contribution >= 0.6 is 0 Å². The average molecular weight is 259 g/mol. The molecule has 1 aromatic heterocycles. The molecule has 0 saturated carbocycles. The molecule has 0 aliphatic carbocycles. The van der Waals surface area contributed by atoms with E-state index in [-0.39, 0.29) is 0 Å². The normalized spacial score (nSPS) is 18.1. The zero-order valence-electron chi connectivity index (χ0n) is 10.9. The van der Waals surface area contributed by atoms with Gasteiger partial charge in [0.15, 0.2) is 11.6 Å². The van der Waals surface area contributed by atoms with E-state index in [2.05, 4.69) is 10.1 Å². The summed E-state index contributed by atoms with van der Waals surface area (Å²) in [6, 6.07) is 7.88. The summed E-state index contributed by atoms with van der Waals surface area (Å²) in [6.45, 7) is 0.849. The van der Waals surface area contributed by atoms with E-state index in [0.29, 0.717) is 12.2 Å². The topological polar surface area (TPSA) is 60.2 Å². The van der Waals surface area contributed by atoms with Gasteiger partial charge in [0.1, 0.15) is 11.9 Å². The molecule has 0 amide bonds. The van der Waals surface area contributed by atoms with Crippen molar-refractivity contribution in [2.45, 2.75) is 31.9 Å². The van der Waals surface area contributed by atoms with Crippen LogP contribution in [0.4, 0.5) is 0 Å². The van der Waals surface area contributed by atoms with Crippen LogP contribution in [0.3, 0.4) is 0 Å². The smallest absolute Gasteiger partial charge is 0.156 e. The van der Waals surface area contributed by atoms with Crippen LogP contribution in [0, 0.1) is 0 Å². The SMILES string of the molecule is COc1ccc(Cc2nc3n(n2)CCCC3O)cc1. The fraction of sp³-hybridized carbons (Fsp3) is 0.429. The molecule has 5 nitrogen and oxygen atoms in total. The van der Waals surface area contributed by atoms with Gasteiger partial charge in [0.25, 0.3) is 0 Å². The van der Waals surface area contributed by atoms with Crippen molar-refractivity contribution in [3.05, 3.63) is 41.5 Å². The third-order valence-electron chi connectivity index (χ3n) is 3.41. The van der Waals surface area contributed by atoms with Crippen molar-refractivity contribution in [3.63, 3.8) is 0 Å². The van der Waals surface area contributed by atoms with Gasteiger partial charge in [-0.15, -0.1) is 0 Å². The van der Waals surface area contributed by atoms with Crippen LogP contribution < -0.4 is 4.74 Å². The van der Waals surface area contributed by atoms with Gasteiger partial charge in [0.05, 0.1) is 7.11 Å². The third kappa shape index (κ3) is 2.46. The van der Waals surface area contributed by atoms with E-state index in [9.17, 15) is 5.11 Å². The van der Waals surface area contributed by atoms with Gasteiger partial charge in [-0.05, 0) is 30.5 Å². The molecule has 0 saturated heterocycles. The molecule has 0 spiro atoms. The van der Waals surface area contributed by atoms with E-state index in [4.69, 9.17) is 4.74 Å². The number of aryl methyl sites for hydroxylation is 1. The van der Waals surface area contributed by atoms with Gasteiger partial charge < -0.3 is 9.84 Å². The van der Waals surface area contributed by atoms with E-state index in [1.165, 1.54) is 0 Å². The molecule has 19 heavy (non-hydrogen) atoms. The number of ether oxygens (including phenoxy) is 1. The Bertz CT molecular complexity index is 563. The molecule has 5 heteroatoms. The van der Waals surface area contributed by atoms with Crippen LogP contribution in [0.1, 0.15) is 36.2 Å². The molecule has 2 heterocycles. The minimum Gasteiger partial charge on any atom is -0.497 e. The van der Waals surface area contributed by atoms with Crippen LogP contribution in [-0.2, 0) is 13.0 Å². The standard InChI is InChI=1S/C14H17N3O2/c1-19-11-6-4-10(5-7-11)9-13-15-14-12(18)3-2-8-17(14)16-13/h4-7,12,18H,2-3,8-9H2,1H3. The Morgan fingerprint density at radius 3 is 2.84 bits per heavy atom. The first kappa shape index (κ1) is 12.2. The summed E-state index contributed by atoms with van der Waals surface area (Å²) in [5.74, 6) is 2.31. The molecule has 1 aromatic carbocycles. The number of hydrogen-bond acceptors (Lipinski definition) is 4. The van der Waals surface area contributed by atoms with Gasteiger partial charge in [0.2, 0.25) is 0 Å². The second kappa shape index (κ2) is 5.01. The number of nitrogens with zero attached hydrogens (tertiary/aromatic N) is 3. The van der Waals surface area contributed by atoms with Crippen molar-refractivity contribution < 1.29 is 9.84 Å². The Morgan fingerprint density at radius 1 is 1.37 bits per heavy atom. The van der Waals surface area contributed by atoms with Crippen molar-refractivity contribution >= 4 is 0 Å². The number of methoxy groups -OCH3 is 1. The van der Waals surface area contributed by atoms with E-state index in [1.807, 2.05) is 28.9 Å². The molecule has 1 aliphatic heterocycles. The van der Waals surface area contributed by atoms with Gasteiger partial charge in [0, 0.05) is 13.0 Å². The molecule has 100 valence electrons. The maximum atomic E-state index is 9.87. The van der Waals surface area contributed by atoms with Crippen molar-refractivity contribution in [2.75, 3.05) is 7.11 Å². The highest BCUT2D eigenvalue weighted by Crippen LogP contribution is 2.23. The molecule has 3 rings (SSSR count). The summed E-state index contributed by atoms with van der Waals surface area (Å²) in [5, 5.41) is 14.3. The lowest BCUT2D eigenvalue weighted by Crippen LogP contribution is -2.16. The fourth-order valence-electron chi connectivity index (χ4n) is 2.38. The Balaban J connectivity index is 1.79. The number of aromatic nitrogens is 3. The number of rotatable bonds is 3. The second-order valence-electron chi connectivity index (χ2n) is 4.79. The Morgan fingerprint density at radius 2 is 2.16 bits per heavy atom. The molecule has 1 aliphatic rings. The highest BCUT2D eigenvalue weighted by Gasteiger charge is 2.21. The Hall–Kier alpha value is -1.88. The van der Waals surface area contributed by atoms with Crippen LogP contribution in [0.25, 0.3) is 0 Å². The third-order valence-corrected chi connectivity index (χ3v) is 3.41. The summed E-state index contributed by atoms with van der Waals surface area (Å²) in [4.78, 5) is 4.44. The van der Waals surface area contributed by atoms with Gasteiger partial charge >= 0.3 is 0 Å². The Labute approximate surface area is 111 Å². The monoisotopic (exact) mass is 259 g/mol. The molecule has 0 fully saturated rings. The number of hydrogen-bond donors (Lipinski definition) is 1. The molecule has 1 atom stereocenters. The lowest BCUT2D eigenvalue weighted by molar-refractivity contribution is 0.130. The van der Waals surface area contributed by atoms with Gasteiger partial charge in [-0.1, -0.05) is 12.1 Å². The maximum Gasteiger partial charge on any atom is 0.156 e. The average Bonchev–Trinajstić information content (AvgIpc) is 2.84. The first-order valence-electron chi connectivity index (χ1n) is 6.51. The van der Waals surface area contributed by atoms with Crippen molar-refractivity contribution in [1.29, 1.82) is 0 Å². The lowest BCUT2D eigenvalue weighted by Gasteiger charge is -2.16. The summed E-state index contributed by atoms with van der Waals surface area (Å²) in [5.41, 5.74) is 1.14. The molecule has 0 bridgehead atoms. The predicted octanol–water partition coefficient (Wildman–Crippen LogP) is 1.70. The molecular formula is C14H17N3O2. The van der Waals surface area contributed by atoms with Crippen LogP contribution in [0.5, 0.6) is 5.75 Å². The van der Waals surface area contributed by atoms with Gasteiger partial charge in [-0.2, -0.15) is 5.10 Å². The first-order valence-corrected chi connectivity index (χ1v) is 6.51. The molecule has 1 unspecified atom stereocenters. The van der Waals surface area contributed by atoms with Gasteiger partial charge in [-0.3, -0.25) is 0 Å². The van der Waals surface area contributed by atoms with Crippen molar-refractivity contribution in [3.8, 4) is 5.75 Å². The fourth-order valence-corrected chi connectivity index (χ4v) is 2.38. The number of aliphatic hydroxyl groups is 1. The molecular weight excluding hydrogens is 242 g/mol. The first-order chi connectivity index (χ1) is 9.26. The highest BCUT2D eigenvalue weighted by atomic mass is 16.5. The zero-order valence-corrected chi connectivity index (χ0v) is 10.9. The second-order valence-corrected chi connectivity index (χ2v) is 4.79. The summed E-state index contributed by atoms with van der Waals surface area (Å²) < 4.78 is 6.96. The van der Waals surface area contributed by atoms with E-state index >= 15 is 0 Å². The van der Waals surface area contributed by atoms with E-state index < -0.39 is 6.10 Å². The predicted molar refractivity (Wildman–Crippen MR) is 70.0 cm³/mol.